The predicted octanol–water partition coefficient (Wildman–Crippen LogP) is 4.15. The quantitative estimate of drug-likeness (QED) is 0.527. The molecule has 7 heteroatoms. The summed E-state index contributed by atoms with van der Waals surface area (Å²) >= 11 is 0. The second-order valence-corrected chi connectivity index (χ2v) is 7.30. The minimum absolute atomic E-state index is 0.0272. The van der Waals surface area contributed by atoms with Crippen LogP contribution in [0.4, 0.5) is 4.39 Å². The fraction of sp³-hybridized carbons (Fsp3) is 0.227. The molecule has 1 aliphatic heterocycles. The highest BCUT2D eigenvalue weighted by Crippen LogP contribution is 2.27. The maximum atomic E-state index is 13.5. The van der Waals surface area contributed by atoms with Crippen LogP contribution in [0.25, 0.3) is 16.8 Å². The van der Waals surface area contributed by atoms with E-state index in [4.69, 9.17) is 4.42 Å². The van der Waals surface area contributed by atoms with Crippen LogP contribution < -0.4 is 0 Å². The van der Waals surface area contributed by atoms with Crippen LogP contribution in [-0.4, -0.2) is 38.5 Å². The topological polar surface area (TPSA) is 63.6 Å². The van der Waals surface area contributed by atoms with Crippen LogP contribution in [-0.2, 0) is 0 Å². The highest BCUT2D eigenvalue weighted by atomic mass is 19.1. The van der Waals surface area contributed by atoms with Crippen LogP contribution in [0.2, 0.25) is 0 Å². The summed E-state index contributed by atoms with van der Waals surface area (Å²) in [5, 5.41) is 4.66. The molecule has 1 saturated heterocycles. The average Bonchev–Trinajstić information content (AvgIpc) is 3.43. The molecule has 1 aromatic carbocycles. The fourth-order valence-corrected chi connectivity index (χ4v) is 3.85. The lowest BCUT2D eigenvalue weighted by Gasteiger charge is -2.31. The fourth-order valence-electron chi connectivity index (χ4n) is 3.85. The summed E-state index contributed by atoms with van der Waals surface area (Å²) in [4.78, 5) is 19.1. The number of pyridine rings is 1. The van der Waals surface area contributed by atoms with Gasteiger partial charge in [-0.05, 0) is 48.7 Å². The van der Waals surface area contributed by atoms with Crippen LogP contribution in [0.5, 0.6) is 0 Å². The number of nitrogens with zero attached hydrogens (tertiary/aromatic N) is 4. The smallest absolute Gasteiger partial charge is 0.257 e. The lowest BCUT2D eigenvalue weighted by atomic mass is 9.97. The van der Waals surface area contributed by atoms with Gasteiger partial charge in [0.25, 0.3) is 5.91 Å². The summed E-state index contributed by atoms with van der Waals surface area (Å²) in [6.45, 7) is 1.30. The standard InChI is InChI=1S/C22H19FN4O2/c23-19-5-1-3-15(11-19)16-6-7-20-24-21(25-27(20)13-16)17-4-2-9-26(12-17)22(28)18-8-10-29-14-18/h1,3,5-8,10-11,13-14,17H,2,4,9,12H2/t17-/m0/s1. The number of carbonyl (C=O) groups excluding carboxylic acids is 1. The van der Waals surface area contributed by atoms with Gasteiger partial charge in [0.1, 0.15) is 12.1 Å². The number of halogens is 1. The second kappa shape index (κ2) is 7.16. The lowest BCUT2D eigenvalue weighted by Crippen LogP contribution is -2.39. The molecule has 4 aromatic rings. The molecule has 146 valence electrons. The van der Waals surface area contributed by atoms with Crippen LogP contribution in [0.3, 0.4) is 0 Å². The predicted molar refractivity (Wildman–Crippen MR) is 105 cm³/mol. The van der Waals surface area contributed by atoms with Crippen molar-refractivity contribution >= 4 is 11.6 Å². The van der Waals surface area contributed by atoms with Crippen molar-refractivity contribution in [3.05, 3.63) is 78.4 Å². The summed E-state index contributed by atoms with van der Waals surface area (Å²) in [6, 6.07) is 12.0. The molecule has 0 N–H and O–H groups in total. The molecule has 1 atom stereocenters. The van der Waals surface area contributed by atoms with E-state index in [1.165, 1.54) is 24.7 Å². The zero-order chi connectivity index (χ0) is 19.8. The first-order valence-electron chi connectivity index (χ1n) is 9.61. The summed E-state index contributed by atoms with van der Waals surface area (Å²) in [5.41, 5.74) is 2.96. The Morgan fingerprint density at radius 3 is 2.93 bits per heavy atom. The Labute approximate surface area is 166 Å². The van der Waals surface area contributed by atoms with Crippen molar-refractivity contribution in [1.29, 1.82) is 0 Å². The van der Waals surface area contributed by atoms with E-state index in [1.54, 1.807) is 16.6 Å². The molecule has 1 aliphatic rings. The molecule has 0 unspecified atom stereocenters. The molecule has 5 rings (SSSR count). The molecule has 1 fully saturated rings. The maximum absolute atomic E-state index is 13.5. The van der Waals surface area contributed by atoms with Crippen LogP contribution in [0.1, 0.15) is 34.9 Å². The van der Waals surface area contributed by atoms with Gasteiger partial charge < -0.3 is 9.32 Å². The van der Waals surface area contributed by atoms with Gasteiger partial charge in [0.05, 0.1) is 11.8 Å². The number of aromatic nitrogens is 3. The van der Waals surface area contributed by atoms with Gasteiger partial charge in [-0.15, -0.1) is 0 Å². The summed E-state index contributed by atoms with van der Waals surface area (Å²) in [6.07, 6.45) is 6.68. The number of fused-ring (bicyclic) bond motifs is 1. The van der Waals surface area contributed by atoms with Crippen molar-refractivity contribution in [3.63, 3.8) is 0 Å². The van der Waals surface area contributed by atoms with Crippen molar-refractivity contribution in [3.8, 4) is 11.1 Å². The Balaban J connectivity index is 1.40. The molecule has 6 nitrogen and oxygen atoms in total. The van der Waals surface area contributed by atoms with Crippen LogP contribution >= 0.6 is 0 Å². The minimum atomic E-state index is -0.272. The van der Waals surface area contributed by atoms with Gasteiger partial charge in [0.15, 0.2) is 11.5 Å². The zero-order valence-corrected chi connectivity index (χ0v) is 15.7. The van der Waals surface area contributed by atoms with Gasteiger partial charge >= 0.3 is 0 Å². The van der Waals surface area contributed by atoms with Gasteiger partial charge in [-0.2, -0.15) is 5.10 Å². The van der Waals surface area contributed by atoms with Crippen molar-refractivity contribution in [2.75, 3.05) is 13.1 Å². The van der Waals surface area contributed by atoms with E-state index in [0.29, 0.717) is 12.1 Å². The highest BCUT2D eigenvalue weighted by Gasteiger charge is 2.28. The number of amides is 1. The Morgan fingerprint density at radius 1 is 1.17 bits per heavy atom. The Kier molecular flexibility index (Phi) is 4.35. The van der Waals surface area contributed by atoms with E-state index >= 15 is 0 Å². The third kappa shape index (κ3) is 3.40. The van der Waals surface area contributed by atoms with Crippen molar-refractivity contribution < 1.29 is 13.6 Å². The van der Waals surface area contributed by atoms with E-state index in [9.17, 15) is 9.18 Å². The molecule has 29 heavy (non-hydrogen) atoms. The molecule has 0 spiro atoms. The number of likely N-dealkylation sites (tertiary alicyclic amines) is 1. The van der Waals surface area contributed by atoms with E-state index in [2.05, 4.69) is 10.1 Å². The number of hydrogen-bond acceptors (Lipinski definition) is 4. The molecule has 0 bridgehead atoms. The monoisotopic (exact) mass is 390 g/mol. The number of furan rings is 1. The first-order valence-corrected chi connectivity index (χ1v) is 9.61. The summed E-state index contributed by atoms with van der Waals surface area (Å²) in [5.74, 6) is 0.510. The van der Waals surface area contributed by atoms with E-state index in [-0.39, 0.29) is 17.6 Å². The Bertz CT molecular complexity index is 1170. The maximum Gasteiger partial charge on any atom is 0.257 e. The molecule has 1 amide bonds. The highest BCUT2D eigenvalue weighted by molar-refractivity contribution is 5.93. The first-order chi connectivity index (χ1) is 14.2. The van der Waals surface area contributed by atoms with E-state index in [0.717, 1.165) is 42.0 Å². The molecular formula is C22H19FN4O2. The minimum Gasteiger partial charge on any atom is -0.472 e. The number of hydrogen-bond donors (Lipinski definition) is 0. The summed E-state index contributed by atoms with van der Waals surface area (Å²) in [7, 11) is 0. The number of piperidine rings is 1. The Morgan fingerprint density at radius 2 is 2.10 bits per heavy atom. The van der Waals surface area contributed by atoms with Gasteiger partial charge in [-0.25, -0.2) is 13.9 Å². The average molecular weight is 390 g/mol. The van der Waals surface area contributed by atoms with Crippen LogP contribution in [0.15, 0.2) is 65.6 Å². The van der Waals surface area contributed by atoms with Gasteiger partial charge in [0.2, 0.25) is 0 Å². The lowest BCUT2D eigenvalue weighted by molar-refractivity contribution is 0.0704. The number of benzene rings is 1. The molecule has 4 heterocycles. The van der Waals surface area contributed by atoms with Gasteiger partial charge in [-0.1, -0.05) is 12.1 Å². The Hall–Kier alpha value is -3.48. The largest absolute Gasteiger partial charge is 0.472 e. The molecule has 0 radical (unpaired) electrons. The van der Waals surface area contributed by atoms with Crippen molar-refractivity contribution in [2.24, 2.45) is 0 Å². The van der Waals surface area contributed by atoms with Crippen LogP contribution in [0, 0.1) is 5.82 Å². The SMILES string of the molecule is O=C(c1ccoc1)N1CCC[C@H](c2nc3ccc(-c4cccc(F)c4)cn3n2)C1. The summed E-state index contributed by atoms with van der Waals surface area (Å²) < 4.78 is 20.3. The zero-order valence-electron chi connectivity index (χ0n) is 15.7. The molecule has 0 aliphatic carbocycles. The first kappa shape index (κ1) is 17.6. The van der Waals surface area contributed by atoms with Gasteiger partial charge in [0, 0.05) is 30.8 Å². The van der Waals surface area contributed by atoms with E-state index in [1.807, 2.05) is 29.3 Å². The number of carbonyl (C=O) groups is 1. The van der Waals surface area contributed by atoms with E-state index < -0.39 is 0 Å². The van der Waals surface area contributed by atoms with Crippen molar-refractivity contribution in [2.45, 2.75) is 18.8 Å². The third-order valence-corrected chi connectivity index (χ3v) is 5.35. The molecule has 3 aromatic heterocycles. The van der Waals surface area contributed by atoms with Crippen molar-refractivity contribution in [1.82, 2.24) is 19.5 Å². The number of rotatable bonds is 3. The molecule has 0 saturated carbocycles. The molecular weight excluding hydrogens is 371 g/mol. The second-order valence-electron chi connectivity index (χ2n) is 7.30. The van der Waals surface area contributed by atoms with Gasteiger partial charge in [-0.3, -0.25) is 4.79 Å². The third-order valence-electron chi connectivity index (χ3n) is 5.35. The normalized spacial score (nSPS) is 17.0.